The van der Waals surface area contributed by atoms with Crippen molar-refractivity contribution in [3.8, 4) is 11.1 Å². The maximum atomic E-state index is 14.6. The van der Waals surface area contributed by atoms with Gasteiger partial charge in [-0.3, -0.25) is 14.8 Å². The number of carbonyl (C=O) groups is 1. The van der Waals surface area contributed by atoms with Gasteiger partial charge in [-0.1, -0.05) is 23.7 Å². The van der Waals surface area contributed by atoms with E-state index < -0.39 is 41.4 Å². The van der Waals surface area contributed by atoms with Crippen molar-refractivity contribution in [3.05, 3.63) is 82.9 Å². The number of hydrogen-bond acceptors (Lipinski definition) is 3. The number of nitrogens with one attached hydrogen (secondary N) is 1. The van der Waals surface area contributed by atoms with E-state index in [-0.39, 0.29) is 5.02 Å². The molecular weight excluding hydrogens is 429 g/mol. The number of halogens is 6. The van der Waals surface area contributed by atoms with E-state index >= 15 is 0 Å². The van der Waals surface area contributed by atoms with Gasteiger partial charge in [-0.05, 0) is 35.9 Å². The van der Waals surface area contributed by atoms with Gasteiger partial charge in [0.2, 0.25) is 0 Å². The standard InChI is InChI=1S/C20H13ClF5N3O/c21-16-9-13(12-5-7-27-8-6-12)10-28-17(16)19(22,23)11-29-18(30)14-3-1-2-4-15(14)20(24,25)26/h1-10H,11H2,(H,29,30). The fourth-order valence-corrected chi connectivity index (χ4v) is 3.01. The number of benzene rings is 1. The highest BCUT2D eigenvalue weighted by Gasteiger charge is 2.38. The lowest BCUT2D eigenvalue weighted by molar-refractivity contribution is -0.137. The highest BCUT2D eigenvalue weighted by molar-refractivity contribution is 6.31. The Balaban J connectivity index is 1.78. The number of nitrogens with zero attached hydrogens (tertiary/aromatic N) is 2. The summed E-state index contributed by atoms with van der Waals surface area (Å²) in [6.07, 6.45) is -0.588. The van der Waals surface area contributed by atoms with Gasteiger partial charge in [0, 0.05) is 24.2 Å². The van der Waals surface area contributed by atoms with Gasteiger partial charge < -0.3 is 5.32 Å². The van der Waals surface area contributed by atoms with Crippen LogP contribution in [-0.4, -0.2) is 22.4 Å². The number of amides is 1. The third kappa shape index (κ3) is 4.73. The average Bonchev–Trinajstić information content (AvgIpc) is 2.72. The van der Waals surface area contributed by atoms with Crippen molar-refractivity contribution in [2.75, 3.05) is 6.54 Å². The molecular formula is C20H13ClF5N3O. The van der Waals surface area contributed by atoms with E-state index in [2.05, 4.69) is 9.97 Å². The second-order valence-corrected chi connectivity index (χ2v) is 6.63. The zero-order valence-electron chi connectivity index (χ0n) is 15.1. The maximum Gasteiger partial charge on any atom is 0.417 e. The fourth-order valence-electron chi connectivity index (χ4n) is 2.71. The van der Waals surface area contributed by atoms with E-state index in [9.17, 15) is 26.7 Å². The molecule has 3 rings (SSSR count). The molecule has 10 heteroatoms. The summed E-state index contributed by atoms with van der Waals surface area (Å²) < 4.78 is 68.2. The van der Waals surface area contributed by atoms with Crippen LogP contribution in [0.1, 0.15) is 21.6 Å². The van der Waals surface area contributed by atoms with Gasteiger partial charge in [-0.15, -0.1) is 0 Å². The molecule has 0 unspecified atom stereocenters. The van der Waals surface area contributed by atoms with Gasteiger partial charge in [0.05, 0.1) is 22.7 Å². The number of hydrogen-bond donors (Lipinski definition) is 1. The molecule has 0 atom stereocenters. The highest BCUT2D eigenvalue weighted by Crippen LogP contribution is 2.34. The van der Waals surface area contributed by atoms with Crippen LogP contribution in [0, 0.1) is 0 Å². The van der Waals surface area contributed by atoms with Gasteiger partial charge in [0.1, 0.15) is 5.69 Å². The Morgan fingerprint density at radius 2 is 1.67 bits per heavy atom. The second-order valence-electron chi connectivity index (χ2n) is 6.22. The van der Waals surface area contributed by atoms with Crippen LogP contribution in [0.4, 0.5) is 22.0 Å². The van der Waals surface area contributed by atoms with E-state index in [4.69, 9.17) is 11.6 Å². The van der Waals surface area contributed by atoms with Gasteiger partial charge >= 0.3 is 12.1 Å². The number of carbonyl (C=O) groups excluding carboxylic acids is 1. The SMILES string of the molecule is O=C(NCC(F)(F)c1ncc(-c2ccncc2)cc1Cl)c1ccccc1C(F)(F)F. The molecule has 3 aromatic rings. The quantitative estimate of drug-likeness (QED) is 0.544. The zero-order valence-corrected chi connectivity index (χ0v) is 15.8. The van der Waals surface area contributed by atoms with Crippen LogP contribution >= 0.6 is 11.6 Å². The first kappa shape index (κ1) is 21.6. The molecule has 0 spiro atoms. The number of alkyl halides is 5. The topological polar surface area (TPSA) is 54.9 Å². The molecule has 0 saturated heterocycles. The Hall–Kier alpha value is -3.07. The van der Waals surface area contributed by atoms with Crippen molar-refractivity contribution in [1.29, 1.82) is 0 Å². The Morgan fingerprint density at radius 1 is 1.00 bits per heavy atom. The molecule has 1 aromatic carbocycles. The first-order valence-corrected chi connectivity index (χ1v) is 8.86. The minimum Gasteiger partial charge on any atom is -0.346 e. The summed E-state index contributed by atoms with van der Waals surface area (Å²) >= 11 is 5.96. The maximum absolute atomic E-state index is 14.6. The Morgan fingerprint density at radius 3 is 2.30 bits per heavy atom. The van der Waals surface area contributed by atoms with Crippen molar-refractivity contribution in [1.82, 2.24) is 15.3 Å². The molecule has 4 nitrogen and oxygen atoms in total. The van der Waals surface area contributed by atoms with Crippen LogP contribution in [0.15, 0.2) is 61.1 Å². The van der Waals surface area contributed by atoms with E-state index in [1.54, 1.807) is 12.1 Å². The third-order valence-electron chi connectivity index (χ3n) is 4.15. The summed E-state index contributed by atoms with van der Waals surface area (Å²) in [5, 5.41) is 1.48. The van der Waals surface area contributed by atoms with Crippen LogP contribution in [0.25, 0.3) is 11.1 Å². The molecule has 1 amide bonds. The number of rotatable bonds is 5. The zero-order chi connectivity index (χ0) is 21.9. The molecule has 0 fully saturated rings. The first-order chi connectivity index (χ1) is 14.1. The van der Waals surface area contributed by atoms with E-state index in [1.807, 2.05) is 5.32 Å². The Labute approximate surface area is 172 Å². The smallest absolute Gasteiger partial charge is 0.346 e. The predicted molar refractivity (Wildman–Crippen MR) is 100 cm³/mol. The van der Waals surface area contributed by atoms with Crippen LogP contribution in [0.2, 0.25) is 5.02 Å². The van der Waals surface area contributed by atoms with Gasteiger partial charge in [-0.2, -0.15) is 22.0 Å². The lowest BCUT2D eigenvalue weighted by Crippen LogP contribution is -2.36. The van der Waals surface area contributed by atoms with Gasteiger partial charge in [0.15, 0.2) is 0 Å². The minimum atomic E-state index is -4.80. The molecule has 1 N–H and O–H groups in total. The predicted octanol–water partition coefficient (Wildman–Crippen LogP) is 5.34. The third-order valence-corrected chi connectivity index (χ3v) is 4.44. The molecule has 0 aliphatic carbocycles. The Kier molecular flexibility index (Phi) is 6.02. The van der Waals surface area contributed by atoms with Crippen LogP contribution in [0.5, 0.6) is 0 Å². The van der Waals surface area contributed by atoms with Crippen molar-refractivity contribution < 1.29 is 26.7 Å². The molecule has 2 heterocycles. The number of pyridine rings is 2. The van der Waals surface area contributed by atoms with Gasteiger partial charge in [0.25, 0.3) is 5.91 Å². The molecule has 0 radical (unpaired) electrons. The second kappa shape index (κ2) is 8.35. The summed E-state index contributed by atoms with van der Waals surface area (Å²) in [6.45, 7) is -1.28. The van der Waals surface area contributed by atoms with Crippen molar-refractivity contribution >= 4 is 17.5 Å². The molecule has 0 aliphatic heterocycles. The summed E-state index contributed by atoms with van der Waals surface area (Å²) in [5.74, 6) is -5.00. The van der Waals surface area contributed by atoms with E-state index in [0.717, 1.165) is 12.1 Å². The summed E-state index contributed by atoms with van der Waals surface area (Å²) in [5.41, 5.74) is -1.64. The molecule has 0 aliphatic rings. The lowest BCUT2D eigenvalue weighted by Gasteiger charge is -2.19. The Bertz CT molecular complexity index is 1060. The number of aromatic nitrogens is 2. The van der Waals surface area contributed by atoms with E-state index in [1.165, 1.54) is 30.7 Å². The lowest BCUT2D eigenvalue weighted by atomic mass is 10.1. The van der Waals surface area contributed by atoms with Crippen LogP contribution < -0.4 is 5.32 Å². The molecule has 2 aromatic heterocycles. The average molecular weight is 442 g/mol. The highest BCUT2D eigenvalue weighted by atomic mass is 35.5. The normalized spacial score (nSPS) is 11.9. The molecule has 30 heavy (non-hydrogen) atoms. The molecule has 0 bridgehead atoms. The van der Waals surface area contributed by atoms with Crippen molar-refractivity contribution in [2.24, 2.45) is 0 Å². The van der Waals surface area contributed by atoms with Crippen LogP contribution in [-0.2, 0) is 12.1 Å². The monoisotopic (exact) mass is 441 g/mol. The summed E-state index contributed by atoms with van der Waals surface area (Å²) in [7, 11) is 0. The van der Waals surface area contributed by atoms with Crippen molar-refractivity contribution in [3.63, 3.8) is 0 Å². The first-order valence-electron chi connectivity index (χ1n) is 8.48. The summed E-state index contributed by atoms with van der Waals surface area (Å²) in [4.78, 5) is 19.7. The van der Waals surface area contributed by atoms with Crippen molar-refractivity contribution in [2.45, 2.75) is 12.1 Å². The van der Waals surface area contributed by atoms with Crippen LogP contribution in [0.3, 0.4) is 0 Å². The van der Waals surface area contributed by atoms with E-state index in [0.29, 0.717) is 17.2 Å². The van der Waals surface area contributed by atoms with Gasteiger partial charge in [-0.25, -0.2) is 0 Å². The summed E-state index contributed by atoms with van der Waals surface area (Å²) in [6, 6.07) is 8.48. The largest absolute Gasteiger partial charge is 0.417 e. The molecule has 0 saturated carbocycles. The minimum absolute atomic E-state index is 0.348. The molecule has 156 valence electrons. The fraction of sp³-hybridized carbons (Fsp3) is 0.150.